The van der Waals surface area contributed by atoms with Crippen molar-refractivity contribution in [2.24, 2.45) is 0 Å². The molecule has 4 rings (SSSR count). The fourth-order valence-electron chi connectivity index (χ4n) is 4.20. The molecule has 2 aromatic carbocycles. The maximum absolute atomic E-state index is 12.8. The Bertz CT molecular complexity index is 1050. The monoisotopic (exact) mass is 488 g/mol. The van der Waals surface area contributed by atoms with Crippen molar-refractivity contribution in [1.82, 2.24) is 14.5 Å². The molecule has 2 aliphatic rings. The lowest BCUT2D eigenvalue weighted by Gasteiger charge is -2.34. The summed E-state index contributed by atoms with van der Waals surface area (Å²) in [5, 5.41) is 2.99. The van der Waals surface area contributed by atoms with Crippen LogP contribution in [0.2, 0.25) is 0 Å². The summed E-state index contributed by atoms with van der Waals surface area (Å²) in [6.45, 7) is 8.29. The van der Waals surface area contributed by atoms with Gasteiger partial charge < -0.3 is 10.2 Å². The molecular weight excluding hydrogens is 456 g/mol. The van der Waals surface area contributed by atoms with Gasteiger partial charge in [-0.15, -0.1) is 11.8 Å². The number of carbonyl (C=O) groups is 1. The Morgan fingerprint density at radius 2 is 1.79 bits per heavy atom. The van der Waals surface area contributed by atoms with Crippen molar-refractivity contribution in [3.63, 3.8) is 0 Å². The van der Waals surface area contributed by atoms with Crippen molar-refractivity contribution < 1.29 is 13.2 Å². The van der Waals surface area contributed by atoms with Gasteiger partial charge in [0.25, 0.3) is 0 Å². The largest absolute Gasteiger partial charge is 0.325 e. The summed E-state index contributed by atoms with van der Waals surface area (Å²) in [6, 6.07) is 15.5. The topological polar surface area (TPSA) is 81.7 Å². The minimum atomic E-state index is -3.62. The molecule has 0 radical (unpaired) electrons. The number of fused-ring (bicyclic) bond motifs is 1. The van der Waals surface area contributed by atoms with Crippen molar-refractivity contribution in [2.75, 3.05) is 44.6 Å². The van der Waals surface area contributed by atoms with Gasteiger partial charge in [0.1, 0.15) is 0 Å². The molecule has 2 aliphatic heterocycles. The average Bonchev–Trinajstić information content (AvgIpc) is 2.94. The molecule has 1 saturated heterocycles. The number of nitrogens with one attached hydrogen (secondary N) is 2. The van der Waals surface area contributed by atoms with E-state index in [9.17, 15) is 13.2 Å². The average molecular weight is 489 g/mol. The second kappa shape index (κ2) is 11.0. The van der Waals surface area contributed by atoms with E-state index in [1.807, 2.05) is 13.0 Å². The Morgan fingerprint density at radius 1 is 1.06 bits per heavy atom. The molecule has 9 heteroatoms. The molecule has 0 aromatic heterocycles. The highest BCUT2D eigenvalue weighted by molar-refractivity contribution is 8.00. The number of anilines is 1. The molecule has 178 valence electrons. The number of hydrogen-bond acceptors (Lipinski definition) is 6. The molecule has 1 unspecified atom stereocenters. The number of rotatable bonds is 8. The highest BCUT2D eigenvalue weighted by Gasteiger charge is 2.22. The van der Waals surface area contributed by atoms with E-state index in [4.69, 9.17) is 0 Å². The van der Waals surface area contributed by atoms with Gasteiger partial charge in [-0.05, 0) is 36.7 Å². The third-order valence-corrected chi connectivity index (χ3v) is 8.63. The minimum absolute atomic E-state index is 0.0832. The first-order valence-electron chi connectivity index (χ1n) is 11.5. The van der Waals surface area contributed by atoms with E-state index in [0.717, 1.165) is 50.6 Å². The van der Waals surface area contributed by atoms with Crippen LogP contribution in [0.3, 0.4) is 0 Å². The van der Waals surface area contributed by atoms with Crippen LogP contribution < -0.4 is 10.0 Å². The molecule has 2 aromatic rings. The lowest BCUT2D eigenvalue weighted by Crippen LogP contribution is -2.46. The molecule has 0 spiro atoms. The van der Waals surface area contributed by atoms with Gasteiger partial charge in [0.05, 0.1) is 10.6 Å². The molecule has 1 amide bonds. The molecule has 2 N–H and O–H groups in total. The Labute approximate surface area is 201 Å². The third-order valence-electron chi connectivity index (χ3n) is 5.99. The maximum Gasteiger partial charge on any atom is 0.240 e. The van der Waals surface area contributed by atoms with E-state index in [1.54, 1.807) is 30.0 Å². The predicted octanol–water partition coefficient (Wildman–Crippen LogP) is 3.00. The van der Waals surface area contributed by atoms with Gasteiger partial charge in [-0.1, -0.05) is 37.3 Å². The summed E-state index contributed by atoms with van der Waals surface area (Å²) in [4.78, 5) is 17.9. The quantitative estimate of drug-likeness (QED) is 0.556. The number of piperazine rings is 1. The van der Waals surface area contributed by atoms with Crippen LogP contribution >= 0.6 is 11.8 Å². The second-order valence-corrected chi connectivity index (χ2v) is 11.9. The highest BCUT2D eigenvalue weighted by atomic mass is 32.2. The summed E-state index contributed by atoms with van der Waals surface area (Å²) in [6.07, 6.45) is 1.17. The van der Waals surface area contributed by atoms with Gasteiger partial charge in [-0.3, -0.25) is 9.69 Å². The number of nitrogens with zero attached hydrogens (tertiary/aromatic N) is 2. The molecule has 0 aliphatic carbocycles. The fraction of sp³-hybridized carbons (Fsp3) is 0.458. The number of sulfonamides is 1. The van der Waals surface area contributed by atoms with E-state index < -0.39 is 10.0 Å². The van der Waals surface area contributed by atoms with Crippen LogP contribution in [0.25, 0.3) is 0 Å². The van der Waals surface area contributed by atoms with Gasteiger partial charge in [-0.2, -0.15) is 0 Å². The molecule has 1 atom stereocenters. The predicted molar refractivity (Wildman–Crippen MR) is 133 cm³/mol. The molecule has 33 heavy (non-hydrogen) atoms. The zero-order valence-electron chi connectivity index (χ0n) is 19.0. The van der Waals surface area contributed by atoms with E-state index >= 15 is 0 Å². The highest BCUT2D eigenvalue weighted by Crippen LogP contribution is 2.36. The first-order valence-corrected chi connectivity index (χ1v) is 13.8. The first kappa shape index (κ1) is 24.2. The summed E-state index contributed by atoms with van der Waals surface area (Å²) < 4.78 is 28.2. The fourth-order valence-corrected chi connectivity index (χ4v) is 6.35. The third kappa shape index (κ3) is 6.80. The number of thioether (sulfide) groups is 1. The first-order chi connectivity index (χ1) is 15.9. The molecule has 2 heterocycles. The van der Waals surface area contributed by atoms with Gasteiger partial charge in [0, 0.05) is 55.8 Å². The summed E-state index contributed by atoms with van der Waals surface area (Å²) >= 11 is 1.59. The zero-order valence-corrected chi connectivity index (χ0v) is 20.6. The van der Waals surface area contributed by atoms with E-state index in [0.29, 0.717) is 18.7 Å². The van der Waals surface area contributed by atoms with Crippen LogP contribution in [0, 0.1) is 0 Å². The number of hydrogen-bond donors (Lipinski definition) is 2. The van der Waals surface area contributed by atoms with E-state index in [-0.39, 0.29) is 16.1 Å². The maximum atomic E-state index is 12.8. The molecule has 1 fully saturated rings. The lowest BCUT2D eigenvalue weighted by molar-refractivity contribution is -0.116. The van der Waals surface area contributed by atoms with E-state index in [1.165, 1.54) is 5.56 Å². The Hall–Kier alpha value is -1.91. The number of carbonyl (C=O) groups excluding carboxylic acids is 1. The van der Waals surface area contributed by atoms with Crippen molar-refractivity contribution >= 4 is 33.4 Å². The van der Waals surface area contributed by atoms with Crippen molar-refractivity contribution in [2.45, 2.75) is 41.4 Å². The van der Waals surface area contributed by atoms with Crippen LogP contribution in [-0.2, 0) is 21.4 Å². The Kier molecular flexibility index (Phi) is 8.08. The summed E-state index contributed by atoms with van der Waals surface area (Å²) in [7, 11) is -3.62. The Balaban J connectivity index is 1.22. The number of amides is 1. The van der Waals surface area contributed by atoms with E-state index in [2.05, 4.69) is 44.1 Å². The summed E-state index contributed by atoms with van der Waals surface area (Å²) in [5.74, 6) is -0.0832. The van der Waals surface area contributed by atoms with Crippen LogP contribution in [0.4, 0.5) is 5.69 Å². The minimum Gasteiger partial charge on any atom is -0.325 e. The normalized spacial score (nSPS) is 20.2. The molecule has 0 saturated carbocycles. The van der Waals surface area contributed by atoms with Gasteiger partial charge in [0.2, 0.25) is 15.9 Å². The molecule has 0 bridgehead atoms. The van der Waals surface area contributed by atoms with Crippen LogP contribution in [0.5, 0.6) is 0 Å². The van der Waals surface area contributed by atoms with Gasteiger partial charge in [0.15, 0.2) is 0 Å². The van der Waals surface area contributed by atoms with Crippen LogP contribution in [0.1, 0.15) is 25.3 Å². The standard InChI is InChI=1S/C24H32N4O3S2/c1-19-16-24(29)26-22-17-21(8-9-23(22)32-19)33(30,31)25-10-5-11-27-12-14-28(15-13-27)18-20-6-3-2-4-7-20/h2-4,6-9,17,19,25H,5,10-16,18H2,1H3,(H,26,29). The Morgan fingerprint density at radius 3 is 2.55 bits per heavy atom. The van der Waals surface area contributed by atoms with Crippen LogP contribution in [0.15, 0.2) is 58.3 Å². The molecule has 7 nitrogen and oxygen atoms in total. The van der Waals surface area contributed by atoms with Crippen molar-refractivity contribution in [3.8, 4) is 0 Å². The second-order valence-electron chi connectivity index (χ2n) is 8.69. The van der Waals surface area contributed by atoms with Gasteiger partial charge >= 0.3 is 0 Å². The lowest BCUT2D eigenvalue weighted by atomic mass is 10.2. The smallest absolute Gasteiger partial charge is 0.240 e. The van der Waals surface area contributed by atoms with Crippen LogP contribution in [-0.4, -0.2) is 68.6 Å². The molecular formula is C24H32N4O3S2. The number of benzene rings is 2. The van der Waals surface area contributed by atoms with Crippen molar-refractivity contribution in [3.05, 3.63) is 54.1 Å². The summed E-state index contributed by atoms with van der Waals surface area (Å²) in [5.41, 5.74) is 1.91. The SMILES string of the molecule is CC1CC(=O)Nc2cc(S(=O)(=O)NCCCN3CCN(Cc4ccccc4)CC3)ccc2S1. The zero-order chi connectivity index (χ0) is 23.3. The van der Waals surface area contributed by atoms with Crippen molar-refractivity contribution in [1.29, 1.82) is 0 Å². The van der Waals surface area contributed by atoms with Gasteiger partial charge in [-0.25, -0.2) is 13.1 Å².